The molecule has 3 rings (SSSR count). The van der Waals surface area contributed by atoms with Gasteiger partial charge in [-0.1, -0.05) is 39.2 Å². The van der Waals surface area contributed by atoms with E-state index >= 15 is 0 Å². The molecule has 0 bridgehead atoms. The van der Waals surface area contributed by atoms with Crippen LogP contribution in [-0.2, 0) is 14.6 Å². The molecule has 2 aromatic rings. The second kappa shape index (κ2) is 10.2. The number of hydrogen-bond donors (Lipinski definition) is 1. The van der Waals surface area contributed by atoms with Crippen molar-refractivity contribution in [3.05, 3.63) is 51.0 Å². The molecule has 0 radical (unpaired) electrons. The number of benzene rings is 1. The average molecular weight is 546 g/mol. The van der Waals surface area contributed by atoms with Gasteiger partial charge in [-0.05, 0) is 74.0 Å². The third kappa shape index (κ3) is 6.36. The van der Waals surface area contributed by atoms with Gasteiger partial charge in [-0.3, -0.25) is 4.79 Å². The van der Waals surface area contributed by atoms with Crippen LogP contribution in [0.2, 0.25) is 0 Å². The predicted molar refractivity (Wildman–Crippen MR) is 124 cm³/mol. The van der Waals surface area contributed by atoms with Gasteiger partial charge < -0.3 is 5.32 Å². The summed E-state index contributed by atoms with van der Waals surface area (Å²) >= 11 is 6.70. The number of amides is 1. The number of nitrogens with one attached hydrogen (secondary N) is 1. The normalized spacial score (nSPS) is 15.6. The lowest BCUT2D eigenvalue weighted by Crippen LogP contribution is -2.23. The van der Waals surface area contributed by atoms with Gasteiger partial charge in [0.1, 0.15) is 5.82 Å². The Morgan fingerprint density at radius 3 is 2.45 bits per heavy atom. The number of carbonyl (C=O) groups excluding carboxylic acids is 1. The lowest BCUT2D eigenvalue weighted by atomic mass is 9.87. The second-order valence-electron chi connectivity index (χ2n) is 7.25. The molecule has 1 aliphatic carbocycles. The Morgan fingerprint density at radius 2 is 1.90 bits per heavy atom. The van der Waals surface area contributed by atoms with E-state index in [9.17, 15) is 13.2 Å². The van der Waals surface area contributed by atoms with Crippen molar-refractivity contribution in [2.75, 3.05) is 11.6 Å². The summed E-state index contributed by atoms with van der Waals surface area (Å²) < 4.78 is 25.1. The highest BCUT2D eigenvalue weighted by atomic mass is 79.9. The molecule has 1 aromatic carbocycles. The van der Waals surface area contributed by atoms with Crippen LogP contribution in [0.5, 0.6) is 0 Å². The molecule has 8 heteroatoms. The number of nitrogens with zero attached hydrogens (tertiary/aromatic N) is 1. The molecule has 5 nitrogen and oxygen atoms in total. The Kier molecular flexibility index (Phi) is 8.43. The van der Waals surface area contributed by atoms with Crippen molar-refractivity contribution in [2.45, 2.75) is 50.3 Å². The highest BCUT2D eigenvalue weighted by Crippen LogP contribution is 2.36. The molecule has 1 amide bonds. The topological polar surface area (TPSA) is 76.1 Å². The Labute approximate surface area is 189 Å². The monoisotopic (exact) mass is 544 g/mol. The van der Waals surface area contributed by atoms with E-state index in [1.54, 1.807) is 30.5 Å². The first kappa shape index (κ1) is 24.0. The van der Waals surface area contributed by atoms with Crippen LogP contribution < -0.4 is 5.32 Å². The molecule has 1 fully saturated rings. The lowest BCUT2D eigenvalue weighted by molar-refractivity contribution is -0.118. The van der Waals surface area contributed by atoms with E-state index in [1.165, 1.54) is 19.1 Å². The number of pyridine rings is 1. The van der Waals surface area contributed by atoms with E-state index in [-0.39, 0.29) is 24.1 Å². The quantitative estimate of drug-likeness (QED) is 0.486. The van der Waals surface area contributed by atoms with E-state index in [4.69, 9.17) is 0 Å². The number of halogens is 2. The Hall–Kier alpha value is -1.25. The largest absolute Gasteiger partial charge is 0.310 e. The first-order valence-electron chi connectivity index (χ1n) is 9.16. The highest BCUT2D eigenvalue weighted by Gasteiger charge is 2.28. The molecule has 1 atom stereocenters. The van der Waals surface area contributed by atoms with Crippen molar-refractivity contribution in [1.82, 2.24) is 4.98 Å². The number of hydrogen-bond acceptors (Lipinski definition) is 4. The van der Waals surface area contributed by atoms with Crippen molar-refractivity contribution < 1.29 is 13.2 Å². The van der Waals surface area contributed by atoms with Gasteiger partial charge in [0.2, 0.25) is 5.91 Å². The van der Waals surface area contributed by atoms with Crippen molar-refractivity contribution in [2.24, 2.45) is 5.92 Å². The number of anilines is 1. The average Bonchev–Trinajstić information content (AvgIpc) is 3.13. The third-order valence-electron chi connectivity index (χ3n) is 5.10. The summed E-state index contributed by atoms with van der Waals surface area (Å²) in [4.78, 5) is 17.5. The van der Waals surface area contributed by atoms with Gasteiger partial charge in [-0.2, -0.15) is 0 Å². The zero-order chi connectivity index (χ0) is 20.3. The van der Waals surface area contributed by atoms with Gasteiger partial charge >= 0.3 is 0 Å². The van der Waals surface area contributed by atoms with Crippen LogP contribution in [-0.4, -0.2) is 25.6 Å². The number of sulfone groups is 1. The molecular formula is C21H26Br2N2O3S. The summed E-state index contributed by atoms with van der Waals surface area (Å²) in [5.74, 6) is 0.512. The molecule has 1 aliphatic rings. The molecule has 0 saturated heterocycles. The molecule has 0 aliphatic heterocycles. The Balaban J connectivity index is 0.00000300. The zero-order valence-corrected chi connectivity index (χ0v) is 19.5. The van der Waals surface area contributed by atoms with E-state index in [0.717, 1.165) is 29.3 Å². The summed E-state index contributed by atoms with van der Waals surface area (Å²) in [5, 5.41) is 2.90. The summed E-state index contributed by atoms with van der Waals surface area (Å²) in [6.45, 7) is 0. The van der Waals surface area contributed by atoms with E-state index in [2.05, 4.69) is 42.2 Å². The third-order valence-corrected chi connectivity index (χ3v) is 7.64. The van der Waals surface area contributed by atoms with Gasteiger partial charge in [0.05, 0.1) is 10.8 Å². The molecule has 0 spiro atoms. The van der Waals surface area contributed by atoms with Crippen LogP contribution in [0.15, 0.2) is 50.4 Å². The first-order chi connectivity index (χ1) is 13.2. The summed E-state index contributed by atoms with van der Waals surface area (Å²) in [6, 6.07) is 8.64. The van der Waals surface area contributed by atoms with Gasteiger partial charge in [-0.25, -0.2) is 13.4 Å². The van der Waals surface area contributed by atoms with Crippen molar-refractivity contribution in [3.63, 3.8) is 0 Å². The minimum absolute atomic E-state index is 0. The standard InChI is InChI=1S/C20H22Br2N2O3S.CH4/c1-28(26,27)18-8-6-14(11-17(18)22)16(10-13-4-2-3-5-13)20(25)24-19-9-7-15(21)12-23-19;/h6-9,11-13,16H,2-5,10H2,1H3,(H,23,24,25);1H4. The first-order valence-corrected chi connectivity index (χ1v) is 12.6. The fraction of sp³-hybridized carbons (Fsp3) is 0.429. The van der Waals surface area contributed by atoms with Gasteiger partial charge in [0.25, 0.3) is 0 Å². The molecule has 1 saturated carbocycles. The van der Waals surface area contributed by atoms with Gasteiger partial charge in [0, 0.05) is 21.4 Å². The van der Waals surface area contributed by atoms with E-state index < -0.39 is 9.84 Å². The molecule has 1 aromatic heterocycles. The minimum Gasteiger partial charge on any atom is -0.310 e. The van der Waals surface area contributed by atoms with Crippen LogP contribution in [0.3, 0.4) is 0 Å². The van der Waals surface area contributed by atoms with Crippen molar-refractivity contribution in [1.29, 1.82) is 0 Å². The molecule has 1 N–H and O–H groups in total. The Bertz CT molecular complexity index is 956. The van der Waals surface area contributed by atoms with Crippen molar-refractivity contribution >= 4 is 53.4 Å². The number of rotatable bonds is 6. The summed E-state index contributed by atoms with van der Waals surface area (Å²) in [6.07, 6.45) is 8.21. The zero-order valence-electron chi connectivity index (χ0n) is 15.5. The van der Waals surface area contributed by atoms with Crippen LogP contribution >= 0.6 is 31.9 Å². The molecule has 1 unspecified atom stereocenters. The lowest BCUT2D eigenvalue weighted by Gasteiger charge is -2.21. The smallest absolute Gasteiger partial charge is 0.233 e. The fourth-order valence-corrected chi connectivity index (χ4v) is 5.91. The summed E-state index contributed by atoms with van der Waals surface area (Å²) in [5.41, 5.74) is 0.806. The SMILES string of the molecule is C.CS(=O)(=O)c1ccc(C(CC2CCCC2)C(=O)Nc2ccc(Br)cn2)cc1Br. The van der Waals surface area contributed by atoms with Crippen LogP contribution in [0.25, 0.3) is 0 Å². The van der Waals surface area contributed by atoms with E-state index in [0.29, 0.717) is 16.2 Å². The van der Waals surface area contributed by atoms with Crippen LogP contribution in [0.1, 0.15) is 51.0 Å². The number of aromatic nitrogens is 1. The second-order valence-corrected chi connectivity index (χ2v) is 11.0. The predicted octanol–water partition coefficient (Wildman–Crippen LogP) is 5.95. The molecule has 1 heterocycles. The van der Waals surface area contributed by atoms with Crippen LogP contribution in [0, 0.1) is 5.92 Å². The van der Waals surface area contributed by atoms with Crippen LogP contribution in [0.4, 0.5) is 5.82 Å². The highest BCUT2D eigenvalue weighted by molar-refractivity contribution is 9.10. The maximum atomic E-state index is 13.1. The van der Waals surface area contributed by atoms with Gasteiger partial charge in [0.15, 0.2) is 9.84 Å². The van der Waals surface area contributed by atoms with Crippen molar-refractivity contribution in [3.8, 4) is 0 Å². The van der Waals surface area contributed by atoms with Gasteiger partial charge in [-0.15, -0.1) is 0 Å². The maximum Gasteiger partial charge on any atom is 0.233 e. The molecular weight excluding hydrogens is 520 g/mol. The minimum atomic E-state index is -3.33. The summed E-state index contributed by atoms with van der Waals surface area (Å²) in [7, 11) is -3.33. The Morgan fingerprint density at radius 1 is 1.21 bits per heavy atom. The maximum absolute atomic E-state index is 13.1. The van der Waals surface area contributed by atoms with E-state index in [1.807, 2.05) is 6.07 Å². The number of carbonyl (C=O) groups is 1. The fourth-order valence-electron chi connectivity index (χ4n) is 3.67. The molecule has 29 heavy (non-hydrogen) atoms. The molecule has 158 valence electrons.